The number of H-pyrrole nitrogens is 1. The molecule has 1 aromatic carbocycles. The largest absolute Gasteiger partial charge is 0.330 e. The molecule has 0 saturated heterocycles. The number of nitrogens with two attached hydrogens (primary N) is 1. The number of aryl methyl sites for hydroxylation is 2. The normalized spacial score (nSPS) is 11.6. The molecule has 0 spiro atoms. The van der Waals surface area contributed by atoms with Crippen LogP contribution < -0.4 is 11.3 Å². The average molecular weight is 274 g/mol. The Kier molecular flexibility index (Phi) is 3.02. The van der Waals surface area contributed by atoms with Gasteiger partial charge < -0.3 is 10.3 Å². The number of pyridine rings is 1. The molecule has 0 fully saturated rings. The number of halogens is 1. The molecule has 2 heterocycles. The molecular formula is C14H15FN4O. The highest BCUT2D eigenvalue weighted by Gasteiger charge is 2.15. The lowest BCUT2D eigenvalue weighted by molar-refractivity contribution is 0.622. The van der Waals surface area contributed by atoms with Gasteiger partial charge in [0.2, 0.25) is 0 Å². The molecular weight excluding hydrogens is 259 g/mol. The van der Waals surface area contributed by atoms with Crippen molar-refractivity contribution in [1.82, 2.24) is 14.8 Å². The molecule has 0 aliphatic heterocycles. The van der Waals surface area contributed by atoms with Gasteiger partial charge in [-0.05, 0) is 38.1 Å². The molecule has 0 aliphatic rings. The van der Waals surface area contributed by atoms with Crippen molar-refractivity contribution in [1.29, 1.82) is 0 Å². The topological polar surface area (TPSA) is 76.7 Å². The molecule has 0 bridgehead atoms. The van der Waals surface area contributed by atoms with Crippen LogP contribution in [0.4, 0.5) is 4.39 Å². The van der Waals surface area contributed by atoms with E-state index in [9.17, 15) is 9.18 Å². The predicted molar refractivity (Wildman–Crippen MR) is 76.2 cm³/mol. The van der Waals surface area contributed by atoms with Gasteiger partial charge >= 0.3 is 0 Å². The number of fused-ring (bicyclic) bond motifs is 3. The summed E-state index contributed by atoms with van der Waals surface area (Å²) in [5.74, 6) is -0.370. The molecule has 0 amide bonds. The fourth-order valence-electron chi connectivity index (χ4n) is 2.53. The lowest BCUT2D eigenvalue weighted by atomic mass is 10.1. The van der Waals surface area contributed by atoms with Gasteiger partial charge in [0.25, 0.3) is 5.56 Å². The summed E-state index contributed by atoms with van der Waals surface area (Å²) in [4.78, 5) is 12.6. The van der Waals surface area contributed by atoms with E-state index in [1.54, 1.807) is 17.6 Å². The van der Waals surface area contributed by atoms with Crippen LogP contribution in [-0.4, -0.2) is 21.3 Å². The number of hydrogen-bond acceptors (Lipinski definition) is 3. The van der Waals surface area contributed by atoms with Crippen LogP contribution in [0.3, 0.4) is 0 Å². The second-order valence-electron chi connectivity index (χ2n) is 4.83. The first-order valence-corrected chi connectivity index (χ1v) is 6.50. The highest BCUT2D eigenvalue weighted by molar-refractivity contribution is 6.03. The SMILES string of the molecule is Cc1[nH]nc2c1c(=O)n(CCCN)c1cc(F)ccc21. The standard InChI is InChI=1S/C14H15FN4O/c1-8-12-13(18-17-8)10-4-3-9(15)7-11(10)19(14(12)20)6-2-5-16/h3-4,7H,2,5-6,16H2,1H3,(H,17,18). The number of rotatable bonds is 3. The van der Waals surface area contributed by atoms with Gasteiger partial charge in [-0.1, -0.05) is 0 Å². The van der Waals surface area contributed by atoms with E-state index in [4.69, 9.17) is 5.73 Å². The first-order chi connectivity index (χ1) is 9.63. The second-order valence-corrected chi connectivity index (χ2v) is 4.83. The number of aromatic amines is 1. The summed E-state index contributed by atoms with van der Waals surface area (Å²) in [6.07, 6.45) is 0.661. The van der Waals surface area contributed by atoms with Crippen molar-refractivity contribution in [3.63, 3.8) is 0 Å². The number of nitrogens with zero attached hydrogens (tertiary/aromatic N) is 2. The van der Waals surface area contributed by atoms with Crippen LogP contribution in [-0.2, 0) is 6.54 Å². The Morgan fingerprint density at radius 3 is 3.00 bits per heavy atom. The molecule has 104 valence electrons. The molecule has 20 heavy (non-hydrogen) atoms. The monoisotopic (exact) mass is 274 g/mol. The van der Waals surface area contributed by atoms with Crippen LogP contribution >= 0.6 is 0 Å². The van der Waals surface area contributed by atoms with Crippen molar-refractivity contribution in [2.45, 2.75) is 19.9 Å². The van der Waals surface area contributed by atoms with Crippen molar-refractivity contribution in [3.8, 4) is 0 Å². The van der Waals surface area contributed by atoms with E-state index in [-0.39, 0.29) is 11.4 Å². The van der Waals surface area contributed by atoms with Crippen molar-refractivity contribution in [2.75, 3.05) is 6.54 Å². The minimum atomic E-state index is -0.370. The van der Waals surface area contributed by atoms with E-state index < -0.39 is 0 Å². The quantitative estimate of drug-likeness (QED) is 0.762. The first kappa shape index (κ1) is 12.8. The predicted octanol–water partition coefficient (Wildman–Crippen LogP) is 1.67. The fraction of sp³-hybridized carbons (Fsp3) is 0.286. The summed E-state index contributed by atoms with van der Waals surface area (Å²) in [6, 6.07) is 4.41. The van der Waals surface area contributed by atoms with E-state index in [1.165, 1.54) is 12.1 Å². The second kappa shape index (κ2) is 4.72. The Labute approximate surface area is 114 Å². The molecule has 0 aliphatic carbocycles. The van der Waals surface area contributed by atoms with Crippen LogP contribution in [0.1, 0.15) is 12.1 Å². The number of hydrogen-bond donors (Lipinski definition) is 2. The maximum Gasteiger partial charge on any atom is 0.262 e. The average Bonchev–Trinajstić information content (AvgIpc) is 2.81. The maximum absolute atomic E-state index is 13.5. The zero-order chi connectivity index (χ0) is 14.3. The highest BCUT2D eigenvalue weighted by Crippen LogP contribution is 2.23. The van der Waals surface area contributed by atoms with E-state index in [0.717, 1.165) is 11.1 Å². The molecule has 0 saturated carbocycles. The third-order valence-corrected chi connectivity index (χ3v) is 3.50. The Balaban J connectivity index is 2.47. The van der Waals surface area contributed by atoms with Crippen molar-refractivity contribution >= 4 is 21.8 Å². The third kappa shape index (κ3) is 1.80. The molecule has 0 unspecified atom stereocenters. The summed E-state index contributed by atoms with van der Waals surface area (Å²) < 4.78 is 15.1. The zero-order valence-electron chi connectivity index (χ0n) is 11.1. The fourth-order valence-corrected chi connectivity index (χ4v) is 2.53. The molecule has 3 rings (SSSR count). The lowest BCUT2D eigenvalue weighted by Crippen LogP contribution is -2.22. The van der Waals surface area contributed by atoms with Gasteiger partial charge in [0.15, 0.2) is 0 Å². The Morgan fingerprint density at radius 2 is 2.25 bits per heavy atom. The van der Waals surface area contributed by atoms with Crippen molar-refractivity contribution in [2.24, 2.45) is 5.73 Å². The van der Waals surface area contributed by atoms with Crippen LogP contribution in [0, 0.1) is 12.7 Å². The van der Waals surface area contributed by atoms with E-state index in [0.29, 0.717) is 35.9 Å². The number of aromatic nitrogens is 3. The minimum absolute atomic E-state index is 0.155. The molecule has 5 nitrogen and oxygen atoms in total. The first-order valence-electron chi connectivity index (χ1n) is 6.50. The summed E-state index contributed by atoms with van der Waals surface area (Å²) >= 11 is 0. The highest BCUT2D eigenvalue weighted by atomic mass is 19.1. The van der Waals surface area contributed by atoms with Gasteiger partial charge in [-0.15, -0.1) is 0 Å². The third-order valence-electron chi connectivity index (χ3n) is 3.50. The van der Waals surface area contributed by atoms with E-state index in [1.807, 2.05) is 0 Å². The molecule has 2 aromatic heterocycles. The van der Waals surface area contributed by atoms with Gasteiger partial charge in [0, 0.05) is 17.6 Å². The summed E-state index contributed by atoms with van der Waals surface area (Å²) in [7, 11) is 0. The van der Waals surface area contributed by atoms with Gasteiger partial charge in [-0.3, -0.25) is 9.89 Å². The molecule has 3 N–H and O–H groups in total. The van der Waals surface area contributed by atoms with E-state index >= 15 is 0 Å². The Morgan fingerprint density at radius 1 is 1.45 bits per heavy atom. The Bertz CT molecular complexity index is 850. The Hall–Kier alpha value is -2.21. The lowest BCUT2D eigenvalue weighted by Gasteiger charge is -2.10. The number of benzene rings is 1. The smallest absolute Gasteiger partial charge is 0.262 e. The summed E-state index contributed by atoms with van der Waals surface area (Å²) in [6.45, 7) is 2.75. The van der Waals surface area contributed by atoms with Gasteiger partial charge in [0.05, 0.1) is 10.9 Å². The zero-order valence-corrected chi connectivity index (χ0v) is 11.1. The van der Waals surface area contributed by atoms with Crippen LogP contribution in [0.15, 0.2) is 23.0 Å². The van der Waals surface area contributed by atoms with Gasteiger partial charge in [0.1, 0.15) is 11.3 Å². The van der Waals surface area contributed by atoms with E-state index in [2.05, 4.69) is 10.2 Å². The summed E-state index contributed by atoms with van der Waals surface area (Å²) in [5, 5.41) is 8.32. The molecule has 0 atom stereocenters. The van der Waals surface area contributed by atoms with Crippen molar-refractivity contribution < 1.29 is 4.39 Å². The minimum Gasteiger partial charge on any atom is -0.330 e. The van der Waals surface area contributed by atoms with Gasteiger partial charge in [-0.25, -0.2) is 4.39 Å². The number of nitrogens with one attached hydrogen (secondary N) is 1. The van der Waals surface area contributed by atoms with Crippen LogP contribution in [0.25, 0.3) is 21.8 Å². The summed E-state index contributed by atoms with van der Waals surface area (Å²) in [5.41, 5.74) is 7.23. The van der Waals surface area contributed by atoms with Crippen molar-refractivity contribution in [3.05, 3.63) is 40.1 Å². The molecule has 3 aromatic rings. The molecule has 0 radical (unpaired) electrons. The van der Waals surface area contributed by atoms with Crippen LogP contribution in [0.2, 0.25) is 0 Å². The maximum atomic E-state index is 13.5. The van der Waals surface area contributed by atoms with Gasteiger partial charge in [-0.2, -0.15) is 5.10 Å². The van der Waals surface area contributed by atoms with Crippen LogP contribution in [0.5, 0.6) is 0 Å². The molecule has 6 heteroatoms.